The van der Waals surface area contributed by atoms with E-state index in [1.165, 1.54) is 19.9 Å². The molecule has 0 aromatic heterocycles. The first-order chi connectivity index (χ1) is 5.97. The molecule has 0 atom stereocenters. The van der Waals surface area contributed by atoms with E-state index in [-0.39, 0.29) is 0 Å². The van der Waals surface area contributed by atoms with Crippen LogP contribution < -0.4 is 5.73 Å². The molecule has 0 fully saturated rings. The highest BCUT2D eigenvalue weighted by Crippen LogP contribution is 2.16. The van der Waals surface area contributed by atoms with Gasteiger partial charge in [-0.15, -0.1) is 0 Å². The van der Waals surface area contributed by atoms with Gasteiger partial charge in [0, 0.05) is 0 Å². The molecule has 0 spiro atoms. The van der Waals surface area contributed by atoms with E-state index in [0.29, 0.717) is 5.41 Å². The van der Waals surface area contributed by atoms with Gasteiger partial charge in [0.1, 0.15) is 0 Å². The topological polar surface area (TPSA) is 26.0 Å². The molecule has 0 aliphatic heterocycles. The van der Waals surface area contributed by atoms with Crippen LogP contribution in [-0.2, 0) is 0 Å². The summed E-state index contributed by atoms with van der Waals surface area (Å²) in [5.74, 6) is 0. The highest BCUT2D eigenvalue weighted by molar-refractivity contribution is 4.55. The van der Waals surface area contributed by atoms with E-state index in [0.717, 1.165) is 0 Å². The van der Waals surface area contributed by atoms with Crippen molar-refractivity contribution in [1.29, 1.82) is 0 Å². The normalized spacial score (nSPS) is 7.85. The smallest absolute Gasteiger partial charge is 0.0195 e. The molecule has 0 heterocycles. The van der Waals surface area contributed by atoms with Crippen LogP contribution >= 0.6 is 0 Å². The van der Waals surface area contributed by atoms with Crippen molar-refractivity contribution in [2.75, 3.05) is 7.05 Å². The summed E-state index contributed by atoms with van der Waals surface area (Å²) in [5, 5.41) is 0. The second-order valence-electron chi connectivity index (χ2n) is 3.62. The van der Waals surface area contributed by atoms with Gasteiger partial charge in [0.25, 0.3) is 0 Å². The molecule has 0 saturated carbocycles. The van der Waals surface area contributed by atoms with Crippen LogP contribution in [-0.4, -0.2) is 7.05 Å². The Labute approximate surface area is 87.1 Å². The molecule has 2 N–H and O–H groups in total. The Morgan fingerprint density at radius 3 is 0.923 bits per heavy atom. The van der Waals surface area contributed by atoms with Crippen LogP contribution in [0.3, 0.4) is 0 Å². The Hall–Kier alpha value is -0.0400. The minimum Gasteiger partial charge on any atom is -0.333 e. The predicted molar refractivity (Wildman–Crippen MR) is 67.2 cm³/mol. The Balaban J connectivity index is -0.0000000493. The summed E-state index contributed by atoms with van der Waals surface area (Å²) < 4.78 is 0. The Bertz CT molecular complexity index is 43.6. The molecule has 0 aliphatic rings. The molecule has 0 aromatic carbocycles. The third-order valence-corrected chi connectivity index (χ3v) is 1.06. The van der Waals surface area contributed by atoms with Gasteiger partial charge < -0.3 is 5.73 Å². The zero-order chi connectivity index (χ0) is 11.9. The molecule has 86 valence electrons. The van der Waals surface area contributed by atoms with E-state index in [1.807, 2.05) is 13.8 Å². The van der Waals surface area contributed by atoms with Gasteiger partial charge in [-0.25, -0.2) is 0 Å². The summed E-state index contributed by atoms with van der Waals surface area (Å²) >= 11 is 0. The van der Waals surface area contributed by atoms with Gasteiger partial charge in [-0.1, -0.05) is 68.2 Å². The molecule has 0 unspecified atom stereocenters. The van der Waals surface area contributed by atoms with Crippen LogP contribution in [0.15, 0.2) is 0 Å². The molecular formula is C12H33N. The number of hydrogen-bond acceptors (Lipinski definition) is 1. The molecule has 0 aliphatic carbocycles. The van der Waals surface area contributed by atoms with Gasteiger partial charge in [-0.2, -0.15) is 0 Å². The lowest BCUT2D eigenvalue weighted by Crippen LogP contribution is -2.00. The number of nitrogens with two attached hydrogens (primary N) is 1. The fraction of sp³-hybridized carbons (Fsp3) is 1.00. The molecule has 0 bridgehead atoms. The molecule has 0 rings (SSSR count). The quantitative estimate of drug-likeness (QED) is 0.601. The zero-order valence-corrected chi connectivity index (χ0v) is 11.5. The molecule has 13 heavy (non-hydrogen) atoms. The summed E-state index contributed by atoms with van der Waals surface area (Å²) in [7, 11) is 1.50. The second-order valence-corrected chi connectivity index (χ2v) is 3.62. The van der Waals surface area contributed by atoms with E-state index < -0.39 is 0 Å². The fourth-order valence-electron chi connectivity index (χ4n) is 0. The lowest BCUT2D eigenvalue weighted by atomic mass is 9.94. The Kier molecular flexibility index (Phi) is 40.3. The SMILES string of the molecule is CC.CCC.CCC(C)(C)C.CN. The van der Waals surface area contributed by atoms with Gasteiger partial charge in [0.15, 0.2) is 0 Å². The molecule has 1 nitrogen and oxygen atoms in total. The maximum Gasteiger partial charge on any atom is -0.0195 e. The van der Waals surface area contributed by atoms with Crippen LogP contribution in [0.2, 0.25) is 0 Å². The summed E-state index contributed by atoms with van der Waals surface area (Å²) in [4.78, 5) is 0. The fourth-order valence-corrected chi connectivity index (χ4v) is 0. The van der Waals surface area contributed by atoms with Crippen LogP contribution in [0.1, 0.15) is 68.2 Å². The molecule has 0 radical (unpaired) electrons. The summed E-state index contributed by atoms with van der Waals surface area (Å²) in [6.07, 6.45) is 2.52. The van der Waals surface area contributed by atoms with Gasteiger partial charge in [0.2, 0.25) is 0 Å². The van der Waals surface area contributed by atoms with Crippen molar-refractivity contribution < 1.29 is 0 Å². The molecular weight excluding hydrogens is 158 g/mol. The minimum absolute atomic E-state index is 0.542. The lowest BCUT2D eigenvalue weighted by molar-refractivity contribution is 0.398. The van der Waals surface area contributed by atoms with Crippen LogP contribution in [0.25, 0.3) is 0 Å². The highest BCUT2D eigenvalue weighted by atomic mass is 14.4. The Morgan fingerprint density at radius 2 is 0.923 bits per heavy atom. The first-order valence-corrected chi connectivity index (χ1v) is 5.55. The molecule has 1 heteroatoms. The van der Waals surface area contributed by atoms with Crippen molar-refractivity contribution in [2.45, 2.75) is 68.2 Å². The van der Waals surface area contributed by atoms with E-state index in [9.17, 15) is 0 Å². The van der Waals surface area contributed by atoms with E-state index in [2.05, 4.69) is 47.3 Å². The van der Waals surface area contributed by atoms with Crippen molar-refractivity contribution in [3.05, 3.63) is 0 Å². The van der Waals surface area contributed by atoms with Gasteiger partial charge in [-0.3, -0.25) is 0 Å². The molecule has 0 saturated heterocycles. The van der Waals surface area contributed by atoms with Crippen LogP contribution in [0.5, 0.6) is 0 Å². The predicted octanol–water partition coefficient (Wildman–Crippen LogP) is 4.46. The van der Waals surface area contributed by atoms with Crippen LogP contribution in [0, 0.1) is 5.41 Å². The second kappa shape index (κ2) is 22.7. The third kappa shape index (κ3) is 135. The summed E-state index contributed by atoms with van der Waals surface area (Å²) in [5.41, 5.74) is 5.04. The lowest BCUT2D eigenvalue weighted by Gasteiger charge is -2.12. The highest BCUT2D eigenvalue weighted by Gasteiger charge is 2.03. The average molecular weight is 191 g/mol. The Morgan fingerprint density at radius 1 is 0.846 bits per heavy atom. The first-order valence-electron chi connectivity index (χ1n) is 5.55. The number of hydrogen-bond donors (Lipinski definition) is 1. The average Bonchev–Trinajstić information content (AvgIpc) is 2.12. The van der Waals surface area contributed by atoms with E-state index in [4.69, 9.17) is 0 Å². The molecule has 0 amide bonds. The van der Waals surface area contributed by atoms with Gasteiger partial charge in [0.05, 0.1) is 0 Å². The number of rotatable bonds is 0. The van der Waals surface area contributed by atoms with E-state index >= 15 is 0 Å². The zero-order valence-electron chi connectivity index (χ0n) is 11.5. The van der Waals surface area contributed by atoms with Crippen molar-refractivity contribution >= 4 is 0 Å². The maximum absolute atomic E-state index is 4.50. The largest absolute Gasteiger partial charge is 0.333 e. The van der Waals surface area contributed by atoms with Gasteiger partial charge >= 0.3 is 0 Å². The summed E-state index contributed by atoms with van der Waals surface area (Å²) in [6.45, 7) is 17.2. The summed E-state index contributed by atoms with van der Waals surface area (Å²) in [6, 6.07) is 0. The first kappa shape index (κ1) is 23.1. The van der Waals surface area contributed by atoms with Crippen LogP contribution in [0.4, 0.5) is 0 Å². The van der Waals surface area contributed by atoms with Crippen molar-refractivity contribution in [3.63, 3.8) is 0 Å². The minimum atomic E-state index is 0.542. The van der Waals surface area contributed by atoms with Crippen molar-refractivity contribution in [1.82, 2.24) is 0 Å². The van der Waals surface area contributed by atoms with E-state index in [1.54, 1.807) is 0 Å². The monoisotopic (exact) mass is 191 g/mol. The standard InChI is InChI=1S/C6H14.C3H8.C2H6.CH5N/c1-5-6(2,3)4;1-3-2;2*1-2/h5H2,1-4H3;3H2,1-2H3;1-2H3;2H2,1H3. The van der Waals surface area contributed by atoms with Crippen molar-refractivity contribution in [3.8, 4) is 0 Å². The third-order valence-electron chi connectivity index (χ3n) is 1.06. The van der Waals surface area contributed by atoms with Gasteiger partial charge in [-0.05, 0) is 12.5 Å². The maximum atomic E-state index is 4.50. The molecule has 0 aromatic rings. The van der Waals surface area contributed by atoms with Crippen molar-refractivity contribution in [2.24, 2.45) is 11.1 Å².